The molecule has 28 heavy (non-hydrogen) atoms. The first kappa shape index (κ1) is 20.6. The van der Waals surface area contributed by atoms with Crippen LogP contribution in [0.15, 0.2) is 28.7 Å². The number of hydroxylamine groups is 2. The van der Waals surface area contributed by atoms with E-state index in [2.05, 4.69) is 17.4 Å². The topological polar surface area (TPSA) is 64.6 Å². The number of nitrogens with zero attached hydrogens (tertiary/aromatic N) is 1. The van der Waals surface area contributed by atoms with Crippen LogP contribution in [0.2, 0.25) is 0 Å². The molecule has 0 saturated carbocycles. The Kier molecular flexibility index (Phi) is 5.53. The fourth-order valence-electron chi connectivity index (χ4n) is 4.35. The summed E-state index contributed by atoms with van der Waals surface area (Å²) < 4.78 is 6.15. The summed E-state index contributed by atoms with van der Waals surface area (Å²) in [6.07, 6.45) is 3.03. The van der Waals surface area contributed by atoms with E-state index in [1.54, 1.807) is 0 Å². The van der Waals surface area contributed by atoms with Crippen LogP contribution in [-0.4, -0.2) is 46.5 Å². The van der Waals surface area contributed by atoms with Crippen molar-refractivity contribution in [1.29, 1.82) is 0 Å². The normalized spacial score (nSPS) is 26.4. The molecule has 5 nitrogen and oxygen atoms in total. The van der Waals surface area contributed by atoms with Gasteiger partial charge in [-0.3, -0.25) is 0 Å². The lowest BCUT2D eigenvalue weighted by Crippen LogP contribution is -2.48. The van der Waals surface area contributed by atoms with Gasteiger partial charge >= 0.3 is 0 Å². The molecule has 0 spiro atoms. The molecule has 7 heteroatoms. The summed E-state index contributed by atoms with van der Waals surface area (Å²) >= 11 is 0. The highest BCUT2D eigenvalue weighted by Crippen LogP contribution is 2.47. The molecule has 2 atom stereocenters. The minimum absolute atomic E-state index is 0.197. The molecule has 1 radical (unpaired) electrons. The van der Waals surface area contributed by atoms with Crippen molar-refractivity contribution in [3.63, 3.8) is 0 Å². The Morgan fingerprint density at radius 2 is 2.11 bits per heavy atom. The van der Waals surface area contributed by atoms with Gasteiger partial charge in [-0.25, -0.2) is 0 Å². The van der Waals surface area contributed by atoms with E-state index in [9.17, 15) is 10.3 Å². The summed E-state index contributed by atoms with van der Waals surface area (Å²) in [5, 5.41) is 27.6. The van der Waals surface area contributed by atoms with Gasteiger partial charge in [0, 0.05) is 23.7 Å². The van der Waals surface area contributed by atoms with Gasteiger partial charge in [0.1, 0.15) is 18.0 Å². The minimum Gasteiger partial charge on any atom is -0.487 e. The molecule has 153 valence electrons. The van der Waals surface area contributed by atoms with Gasteiger partial charge in [-0.2, -0.15) is 0 Å². The van der Waals surface area contributed by atoms with Gasteiger partial charge in [-0.15, -0.1) is 10.3 Å². The van der Waals surface area contributed by atoms with Gasteiger partial charge in [0.05, 0.1) is 11.1 Å². The van der Waals surface area contributed by atoms with Crippen molar-refractivity contribution in [1.82, 2.24) is 10.4 Å². The number of rotatable bonds is 5. The Bertz CT molecular complexity index is 794. The number of ether oxygens (including phenoxy) is 1. The third-order valence-corrected chi connectivity index (χ3v) is 8.38. The first-order valence-electron chi connectivity index (χ1n) is 9.89. The molecule has 0 aromatic heterocycles. The number of aliphatic hydroxyl groups is 1. The molecule has 2 N–H and O–H groups in total. The van der Waals surface area contributed by atoms with E-state index in [-0.39, 0.29) is 6.10 Å². The minimum atomic E-state index is -0.577. The summed E-state index contributed by atoms with van der Waals surface area (Å²) in [5.41, 5.74) is 2.63. The molecule has 1 aromatic carbocycles. The largest absolute Gasteiger partial charge is 0.487 e. The molecule has 2 unspecified atom stereocenters. The van der Waals surface area contributed by atoms with Crippen LogP contribution >= 0.6 is 21.6 Å². The van der Waals surface area contributed by atoms with E-state index in [1.165, 1.54) is 16.0 Å². The van der Waals surface area contributed by atoms with Crippen molar-refractivity contribution >= 4 is 21.6 Å². The summed E-state index contributed by atoms with van der Waals surface area (Å²) in [6.45, 7) is 8.82. The number of aliphatic hydroxyl groups excluding tert-OH is 1. The summed E-state index contributed by atoms with van der Waals surface area (Å²) in [4.78, 5) is 1.36. The average molecular weight is 422 g/mol. The SMILES string of the molecule is CC1(C)C=C(CNCC(O)C2CCc3cc4c(cc3O2)CSS4)C(C)(C)N1[O]. The monoisotopic (exact) mass is 421 g/mol. The van der Waals surface area contributed by atoms with Gasteiger partial charge in [0.2, 0.25) is 0 Å². The molecule has 1 aromatic rings. The van der Waals surface area contributed by atoms with Crippen molar-refractivity contribution < 1.29 is 15.1 Å². The Morgan fingerprint density at radius 3 is 2.82 bits per heavy atom. The predicted molar refractivity (Wildman–Crippen MR) is 114 cm³/mol. The zero-order valence-corrected chi connectivity index (χ0v) is 18.6. The molecule has 3 aliphatic heterocycles. The van der Waals surface area contributed by atoms with E-state index >= 15 is 0 Å². The molecule has 0 amide bonds. The highest BCUT2D eigenvalue weighted by molar-refractivity contribution is 8.76. The first-order valence-corrected chi connectivity index (χ1v) is 12.2. The van der Waals surface area contributed by atoms with Crippen LogP contribution < -0.4 is 10.1 Å². The Hall–Kier alpha value is -0.700. The maximum Gasteiger partial charge on any atom is 0.126 e. The third kappa shape index (κ3) is 3.73. The molecule has 0 fully saturated rings. The third-order valence-electron chi connectivity index (χ3n) is 6.03. The van der Waals surface area contributed by atoms with Crippen LogP contribution in [0.3, 0.4) is 0 Å². The van der Waals surface area contributed by atoms with Gasteiger partial charge in [0.25, 0.3) is 0 Å². The van der Waals surface area contributed by atoms with Crippen molar-refractivity contribution in [3.8, 4) is 5.75 Å². The summed E-state index contributed by atoms with van der Waals surface area (Å²) in [5.74, 6) is 1.95. The molecular weight excluding hydrogens is 392 g/mol. The maximum atomic E-state index is 12.5. The van der Waals surface area contributed by atoms with Crippen LogP contribution in [0, 0.1) is 0 Å². The number of fused-ring (bicyclic) bond motifs is 2. The van der Waals surface area contributed by atoms with E-state index in [0.29, 0.717) is 13.1 Å². The lowest BCUT2D eigenvalue weighted by Gasteiger charge is -2.34. The smallest absolute Gasteiger partial charge is 0.126 e. The molecule has 3 heterocycles. The Balaban J connectivity index is 1.33. The highest BCUT2D eigenvalue weighted by Gasteiger charge is 2.46. The first-order chi connectivity index (χ1) is 13.2. The van der Waals surface area contributed by atoms with Crippen molar-refractivity contribution in [2.45, 2.75) is 74.5 Å². The second-order valence-electron chi connectivity index (χ2n) is 8.98. The standard InChI is InChI=1S/C21H29N2O3S2/c1-20(2)9-15(21(3,4)23(20)25)10-22-11-16(24)17-6-5-13-8-19-14(12-27-28-19)7-18(13)26-17/h7-9,16-17,22,24H,5-6,10-12H2,1-4H3. The van der Waals surface area contributed by atoms with E-state index in [1.807, 2.05) is 55.4 Å². The predicted octanol–water partition coefficient (Wildman–Crippen LogP) is 3.73. The van der Waals surface area contributed by atoms with Crippen LogP contribution in [-0.2, 0) is 17.4 Å². The second kappa shape index (κ2) is 7.52. The molecule has 3 aliphatic rings. The van der Waals surface area contributed by atoms with Gasteiger partial charge < -0.3 is 15.2 Å². The Labute approximate surface area is 175 Å². The number of hydrogen-bond acceptors (Lipinski definition) is 6. The number of nitrogens with one attached hydrogen (secondary N) is 1. The second-order valence-corrected chi connectivity index (χ2v) is 11.3. The van der Waals surface area contributed by atoms with E-state index in [4.69, 9.17) is 4.74 Å². The molecule has 4 rings (SSSR count). The van der Waals surface area contributed by atoms with Gasteiger partial charge in [-0.1, -0.05) is 27.7 Å². The molecular formula is C21H29N2O3S2. The van der Waals surface area contributed by atoms with Crippen LogP contribution in [0.4, 0.5) is 0 Å². The van der Waals surface area contributed by atoms with Gasteiger partial charge in [0.15, 0.2) is 0 Å². The molecule has 0 saturated heterocycles. The van der Waals surface area contributed by atoms with Crippen LogP contribution in [0.1, 0.15) is 45.2 Å². The average Bonchev–Trinajstić information content (AvgIpc) is 3.16. The Morgan fingerprint density at radius 1 is 1.32 bits per heavy atom. The fraction of sp³-hybridized carbons (Fsp3) is 0.619. The van der Waals surface area contributed by atoms with Crippen LogP contribution in [0.25, 0.3) is 0 Å². The fourth-order valence-corrected chi connectivity index (χ4v) is 6.83. The maximum absolute atomic E-state index is 12.5. The zero-order valence-electron chi connectivity index (χ0n) is 16.9. The summed E-state index contributed by atoms with van der Waals surface area (Å²) in [6, 6.07) is 4.40. The molecule has 0 aliphatic carbocycles. The van der Waals surface area contributed by atoms with E-state index < -0.39 is 17.2 Å². The van der Waals surface area contributed by atoms with Crippen molar-refractivity contribution in [2.24, 2.45) is 0 Å². The van der Waals surface area contributed by atoms with Gasteiger partial charge in [-0.05, 0) is 69.4 Å². The number of hydrogen-bond donors (Lipinski definition) is 2. The van der Waals surface area contributed by atoms with Crippen LogP contribution in [0.5, 0.6) is 5.75 Å². The number of aryl methyl sites for hydroxylation is 1. The van der Waals surface area contributed by atoms with Crippen molar-refractivity contribution in [2.75, 3.05) is 13.1 Å². The quantitative estimate of drug-likeness (QED) is 0.558. The molecule has 0 bridgehead atoms. The summed E-state index contributed by atoms with van der Waals surface area (Å²) in [7, 11) is 3.70. The zero-order chi connectivity index (χ0) is 20.1. The lowest BCUT2D eigenvalue weighted by molar-refractivity contribution is -0.238. The number of benzene rings is 1. The van der Waals surface area contributed by atoms with Crippen molar-refractivity contribution in [3.05, 3.63) is 34.9 Å². The highest BCUT2D eigenvalue weighted by atomic mass is 33.1. The lowest BCUT2D eigenvalue weighted by atomic mass is 9.96. The van der Waals surface area contributed by atoms with E-state index in [0.717, 1.165) is 35.0 Å².